The number of hydrogen-bond acceptors (Lipinski definition) is 1. The summed E-state index contributed by atoms with van der Waals surface area (Å²) in [6.07, 6.45) is -4.30. The number of rotatable bonds is 3. The molecule has 0 radical (unpaired) electrons. The van der Waals surface area contributed by atoms with Crippen LogP contribution in [-0.2, 0) is 10.9 Å². The minimum Gasteiger partial charge on any atom is -0.377 e. The van der Waals surface area contributed by atoms with Crippen molar-refractivity contribution in [2.75, 3.05) is 7.11 Å². The fourth-order valence-corrected chi connectivity index (χ4v) is 1.93. The molecule has 4 heteroatoms. The molecule has 0 heterocycles. The fraction of sp³-hybridized carbons (Fsp3) is 0.250. The van der Waals surface area contributed by atoms with Crippen LogP contribution in [-0.4, -0.2) is 7.11 Å². The summed E-state index contributed by atoms with van der Waals surface area (Å²) in [4.78, 5) is 0. The molecular weight excluding hydrogens is 265 g/mol. The van der Waals surface area contributed by atoms with Gasteiger partial charge in [-0.1, -0.05) is 36.4 Å². The molecule has 0 aliphatic carbocycles. The van der Waals surface area contributed by atoms with E-state index >= 15 is 0 Å². The highest BCUT2D eigenvalue weighted by Crippen LogP contribution is 2.31. The van der Waals surface area contributed by atoms with Crippen LogP contribution < -0.4 is 0 Å². The first-order valence-corrected chi connectivity index (χ1v) is 6.22. The van der Waals surface area contributed by atoms with Crippen LogP contribution in [0.25, 0.3) is 11.1 Å². The lowest BCUT2D eigenvalue weighted by atomic mass is 10.0. The smallest absolute Gasteiger partial charge is 0.377 e. The van der Waals surface area contributed by atoms with E-state index in [0.717, 1.165) is 28.8 Å². The first-order chi connectivity index (χ1) is 9.41. The molecular formula is C16H15F3O. The van der Waals surface area contributed by atoms with Crippen molar-refractivity contribution in [2.45, 2.75) is 19.2 Å². The number of ether oxygens (including phenoxy) is 1. The zero-order valence-electron chi connectivity index (χ0n) is 11.2. The van der Waals surface area contributed by atoms with Gasteiger partial charge < -0.3 is 4.74 Å². The van der Waals surface area contributed by atoms with E-state index in [9.17, 15) is 13.2 Å². The maximum Gasteiger partial charge on any atom is 0.416 e. The zero-order chi connectivity index (χ0) is 14.8. The van der Waals surface area contributed by atoms with Crippen LogP contribution in [0.4, 0.5) is 13.2 Å². The summed E-state index contributed by atoms with van der Waals surface area (Å²) in [5.74, 6) is 0. The third kappa shape index (κ3) is 3.20. The number of alkyl halides is 3. The Kier molecular flexibility index (Phi) is 4.14. The SMILES string of the molecule is COC(C)c1ccc(-c2ccc(C(F)(F)F)cc2)cc1. The van der Waals surface area contributed by atoms with E-state index in [0.29, 0.717) is 0 Å². The van der Waals surface area contributed by atoms with E-state index < -0.39 is 11.7 Å². The molecule has 20 heavy (non-hydrogen) atoms. The van der Waals surface area contributed by atoms with Crippen molar-refractivity contribution in [1.82, 2.24) is 0 Å². The van der Waals surface area contributed by atoms with Crippen molar-refractivity contribution in [3.63, 3.8) is 0 Å². The lowest BCUT2D eigenvalue weighted by Gasteiger charge is -2.11. The van der Waals surface area contributed by atoms with Crippen LogP contribution in [0.1, 0.15) is 24.2 Å². The van der Waals surface area contributed by atoms with Gasteiger partial charge in [-0.05, 0) is 35.7 Å². The monoisotopic (exact) mass is 280 g/mol. The molecule has 1 unspecified atom stereocenters. The van der Waals surface area contributed by atoms with E-state index in [1.807, 2.05) is 31.2 Å². The summed E-state index contributed by atoms with van der Waals surface area (Å²) in [5, 5.41) is 0. The minimum absolute atomic E-state index is 0.00310. The van der Waals surface area contributed by atoms with Gasteiger partial charge >= 0.3 is 6.18 Å². The number of hydrogen-bond donors (Lipinski definition) is 0. The zero-order valence-corrected chi connectivity index (χ0v) is 11.2. The molecule has 0 aliphatic rings. The molecule has 2 rings (SSSR count). The molecule has 0 N–H and O–H groups in total. The summed E-state index contributed by atoms with van der Waals surface area (Å²) in [5.41, 5.74) is 2.04. The van der Waals surface area contributed by atoms with Crippen molar-refractivity contribution in [3.8, 4) is 11.1 Å². The summed E-state index contributed by atoms with van der Waals surface area (Å²) in [6.45, 7) is 1.94. The van der Waals surface area contributed by atoms with Gasteiger partial charge in [0.05, 0.1) is 11.7 Å². The highest BCUT2D eigenvalue weighted by atomic mass is 19.4. The molecule has 0 bridgehead atoms. The Hall–Kier alpha value is -1.81. The predicted octanol–water partition coefficient (Wildman–Crippen LogP) is 5.08. The molecule has 2 aromatic rings. The molecule has 0 saturated carbocycles. The van der Waals surface area contributed by atoms with Crippen molar-refractivity contribution >= 4 is 0 Å². The maximum atomic E-state index is 12.5. The fourth-order valence-electron chi connectivity index (χ4n) is 1.93. The van der Waals surface area contributed by atoms with Crippen LogP contribution in [0.3, 0.4) is 0 Å². The minimum atomic E-state index is -4.30. The second-order valence-corrected chi connectivity index (χ2v) is 4.58. The molecule has 2 aromatic carbocycles. The molecule has 0 saturated heterocycles. The summed E-state index contributed by atoms with van der Waals surface area (Å²) < 4.78 is 42.7. The predicted molar refractivity (Wildman–Crippen MR) is 72.3 cm³/mol. The molecule has 106 valence electrons. The third-order valence-electron chi connectivity index (χ3n) is 3.28. The molecule has 1 nitrogen and oxygen atoms in total. The van der Waals surface area contributed by atoms with Gasteiger partial charge in [-0.3, -0.25) is 0 Å². The van der Waals surface area contributed by atoms with Crippen LogP contribution >= 0.6 is 0 Å². The van der Waals surface area contributed by atoms with Crippen molar-refractivity contribution in [3.05, 3.63) is 59.7 Å². The summed E-state index contributed by atoms with van der Waals surface area (Å²) >= 11 is 0. The highest BCUT2D eigenvalue weighted by molar-refractivity contribution is 5.64. The molecule has 0 amide bonds. The number of halogens is 3. The molecule has 1 atom stereocenters. The Bertz CT molecular complexity index is 556. The lowest BCUT2D eigenvalue weighted by Crippen LogP contribution is -2.04. The highest BCUT2D eigenvalue weighted by Gasteiger charge is 2.29. The Labute approximate surface area is 116 Å². The van der Waals surface area contributed by atoms with Crippen molar-refractivity contribution < 1.29 is 17.9 Å². The average Bonchev–Trinajstić information content (AvgIpc) is 2.46. The van der Waals surface area contributed by atoms with E-state index in [2.05, 4.69) is 0 Å². The largest absolute Gasteiger partial charge is 0.416 e. The summed E-state index contributed by atoms with van der Waals surface area (Å²) in [6, 6.07) is 12.8. The van der Waals surface area contributed by atoms with Crippen LogP contribution in [0, 0.1) is 0 Å². The average molecular weight is 280 g/mol. The molecule has 0 spiro atoms. The van der Waals surface area contributed by atoms with Gasteiger partial charge in [0.1, 0.15) is 0 Å². The molecule has 0 fully saturated rings. The number of benzene rings is 2. The Morgan fingerprint density at radius 3 is 1.70 bits per heavy atom. The van der Waals surface area contributed by atoms with Crippen molar-refractivity contribution in [2.24, 2.45) is 0 Å². The van der Waals surface area contributed by atoms with E-state index in [4.69, 9.17) is 4.74 Å². The first kappa shape index (κ1) is 14.6. The van der Waals surface area contributed by atoms with Crippen LogP contribution in [0.15, 0.2) is 48.5 Å². The van der Waals surface area contributed by atoms with Gasteiger partial charge in [-0.15, -0.1) is 0 Å². The van der Waals surface area contributed by atoms with E-state index in [1.165, 1.54) is 12.1 Å². The lowest BCUT2D eigenvalue weighted by molar-refractivity contribution is -0.137. The molecule has 0 aromatic heterocycles. The van der Waals surface area contributed by atoms with Crippen LogP contribution in [0.2, 0.25) is 0 Å². The Balaban J connectivity index is 2.24. The normalized spacial score (nSPS) is 13.2. The third-order valence-corrected chi connectivity index (χ3v) is 3.28. The van der Waals surface area contributed by atoms with Gasteiger partial charge in [0.15, 0.2) is 0 Å². The second-order valence-electron chi connectivity index (χ2n) is 4.58. The van der Waals surface area contributed by atoms with Crippen LogP contribution in [0.5, 0.6) is 0 Å². The van der Waals surface area contributed by atoms with Gasteiger partial charge in [-0.2, -0.15) is 13.2 Å². The van der Waals surface area contributed by atoms with Gasteiger partial charge in [0.2, 0.25) is 0 Å². The topological polar surface area (TPSA) is 9.23 Å². The quantitative estimate of drug-likeness (QED) is 0.761. The van der Waals surface area contributed by atoms with E-state index in [-0.39, 0.29) is 6.10 Å². The van der Waals surface area contributed by atoms with Crippen molar-refractivity contribution in [1.29, 1.82) is 0 Å². The molecule has 0 aliphatic heterocycles. The number of methoxy groups -OCH3 is 1. The Morgan fingerprint density at radius 1 is 0.850 bits per heavy atom. The maximum absolute atomic E-state index is 12.5. The first-order valence-electron chi connectivity index (χ1n) is 6.22. The van der Waals surface area contributed by atoms with Gasteiger partial charge in [-0.25, -0.2) is 0 Å². The van der Waals surface area contributed by atoms with E-state index in [1.54, 1.807) is 7.11 Å². The van der Waals surface area contributed by atoms with Gasteiger partial charge in [0, 0.05) is 7.11 Å². The Morgan fingerprint density at radius 2 is 1.30 bits per heavy atom. The van der Waals surface area contributed by atoms with Gasteiger partial charge in [0.25, 0.3) is 0 Å². The second kappa shape index (κ2) is 5.67. The standard InChI is InChI=1S/C16H15F3O/c1-11(20-2)12-3-5-13(6-4-12)14-7-9-15(10-8-14)16(17,18)19/h3-11H,1-2H3. The summed E-state index contributed by atoms with van der Waals surface area (Å²) in [7, 11) is 1.63.